The summed E-state index contributed by atoms with van der Waals surface area (Å²) in [6.07, 6.45) is 7.45. The van der Waals surface area contributed by atoms with Crippen molar-refractivity contribution in [3.8, 4) is 0 Å². The number of nitrogens with one attached hydrogen (secondary N) is 2. The van der Waals surface area contributed by atoms with Crippen molar-refractivity contribution >= 4 is 11.9 Å². The molecule has 2 N–H and O–H groups in total. The van der Waals surface area contributed by atoms with Crippen LogP contribution >= 0.6 is 11.9 Å². The Morgan fingerprint density at radius 1 is 1.17 bits per heavy atom. The van der Waals surface area contributed by atoms with Crippen molar-refractivity contribution in [3.05, 3.63) is 0 Å². The lowest BCUT2D eigenvalue weighted by molar-refractivity contribution is 0.338. The molecule has 1 aliphatic carbocycles. The smallest absolute Gasteiger partial charge is 0.0172 e. The minimum atomic E-state index is 0.759. The Labute approximate surface area is 80.0 Å². The van der Waals surface area contributed by atoms with Gasteiger partial charge in [0, 0.05) is 12.1 Å². The lowest BCUT2D eigenvalue weighted by Gasteiger charge is -2.28. The van der Waals surface area contributed by atoms with Crippen LogP contribution < -0.4 is 10.0 Å². The van der Waals surface area contributed by atoms with Crippen molar-refractivity contribution in [1.82, 2.24) is 10.0 Å². The van der Waals surface area contributed by atoms with Crippen molar-refractivity contribution < 1.29 is 0 Å². The second-order valence-electron chi connectivity index (χ2n) is 3.43. The maximum Gasteiger partial charge on any atom is 0.0172 e. The van der Waals surface area contributed by atoms with Gasteiger partial charge in [0.15, 0.2) is 0 Å². The van der Waals surface area contributed by atoms with E-state index in [9.17, 15) is 0 Å². The van der Waals surface area contributed by atoms with E-state index in [-0.39, 0.29) is 0 Å². The van der Waals surface area contributed by atoms with E-state index in [0.29, 0.717) is 0 Å². The molecule has 1 saturated carbocycles. The van der Waals surface area contributed by atoms with Gasteiger partial charge < -0.3 is 5.32 Å². The minimum Gasteiger partial charge on any atom is -0.314 e. The first-order chi connectivity index (χ1) is 5.86. The third kappa shape index (κ3) is 3.33. The van der Waals surface area contributed by atoms with Crippen LogP contribution in [-0.2, 0) is 0 Å². The van der Waals surface area contributed by atoms with Crippen LogP contribution in [0, 0.1) is 0 Å². The lowest BCUT2D eigenvalue weighted by Crippen LogP contribution is -2.37. The normalized spacial score (nSPS) is 30.5. The van der Waals surface area contributed by atoms with Crippen molar-refractivity contribution in [3.63, 3.8) is 0 Å². The molecule has 0 aromatic carbocycles. The lowest BCUT2D eigenvalue weighted by atomic mass is 9.92. The Kier molecular flexibility index (Phi) is 5.04. The molecular formula is C9H20N2S. The summed E-state index contributed by atoms with van der Waals surface area (Å²) in [5.74, 6) is 0. The van der Waals surface area contributed by atoms with Gasteiger partial charge in [-0.3, -0.25) is 4.72 Å². The average Bonchev–Trinajstić information content (AvgIpc) is 2.09. The van der Waals surface area contributed by atoms with Crippen molar-refractivity contribution in [2.45, 2.75) is 44.7 Å². The van der Waals surface area contributed by atoms with E-state index in [1.165, 1.54) is 25.7 Å². The van der Waals surface area contributed by atoms with E-state index < -0.39 is 0 Å². The highest BCUT2D eigenvalue weighted by Crippen LogP contribution is 2.19. The van der Waals surface area contributed by atoms with E-state index in [4.69, 9.17) is 0 Å². The molecule has 0 bridgehead atoms. The van der Waals surface area contributed by atoms with Crippen LogP contribution in [-0.4, -0.2) is 24.9 Å². The Bertz CT molecular complexity index is 97.1. The maximum atomic E-state index is 3.51. The summed E-state index contributed by atoms with van der Waals surface area (Å²) in [7, 11) is 0. The maximum absolute atomic E-state index is 3.51. The zero-order valence-corrected chi connectivity index (χ0v) is 8.91. The zero-order chi connectivity index (χ0) is 8.81. The molecule has 1 aliphatic rings. The quantitative estimate of drug-likeness (QED) is 0.658. The summed E-state index contributed by atoms with van der Waals surface area (Å²) in [5.41, 5.74) is 0. The molecule has 0 atom stereocenters. The van der Waals surface area contributed by atoms with E-state index in [1.807, 2.05) is 0 Å². The van der Waals surface area contributed by atoms with Gasteiger partial charge in [-0.15, -0.1) is 0 Å². The fourth-order valence-corrected chi connectivity index (χ4v) is 2.44. The van der Waals surface area contributed by atoms with Gasteiger partial charge in [-0.1, -0.05) is 18.9 Å². The highest BCUT2D eigenvalue weighted by Gasteiger charge is 2.19. The molecule has 2 nitrogen and oxygen atoms in total. The molecule has 1 rings (SSSR count). The highest BCUT2D eigenvalue weighted by atomic mass is 32.2. The average molecular weight is 188 g/mol. The van der Waals surface area contributed by atoms with Crippen LogP contribution in [0.25, 0.3) is 0 Å². The second kappa shape index (κ2) is 5.84. The third-order valence-corrected chi connectivity index (χ3v) is 3.07. The third-order valence-electron chi connectivity index (χ3n) is 2.50. The van der Waals surface area contributed by atoms with Crippen molar-refractivity contribution in [2.75, 3.05) is 12.8 Å². The monoisotopic (exact) mass is 188 g/mol. The van der Waals surface area contributed by atoms with Crippen LogP contribution in [0.2, 0.25) is 0 Å². The Morgan fingerprint density at radius 2 is 1.75 bits per heavy atom. The molecule has 0 spiro atoms. The SMILES string of the molecule is CCN[C@H]1CC[C@H](NSC)CC1. The molecule has 0 amide bonds. The van der Waals surface area contributed by atoms with Crippen LogP contribution in [0.1, 0.15) is 32.6 Å². The molecule has 3 heteroatoms. The van der Waals surface area contributed by atoms with E-state index in [2.05, 4.69) is 23.2 Å². The molecule has 0 aromatic heterocycles. The molecule has 0 heterocycles. The van der Waals surface area contributed by atoms with Gasteiger partial charge in [-0.05, 0) is 38.5 Å². The minimum absolute atomic E-state index is 0.759. The predicted octanol–water partition coefficient (Wildman–Crippen LogP) is 1.77. The molecule has 72 valence electrons. The summed E-state index contributed by atoms with van der Waals surface area (Å²) in [6, 6.07) is 1.55. The summed E-state index contributed by atoms with van der Waals surface area (Å²) >= 11 is 1.75. The number of hydrogen-bond donors (Lipinski definition) is 2. The molecule has 0 unspecified atom stereocenters. The second-order valence-corrected chi connectivity index (χ2v) is 4.07. The van der Waals surface area contributed by atoms with Gasteiger partial charge in [0.2, 0.25) is 0 Å². The first-order valence-electron chi connectivity index (χ1n) is 4.88. The van der Waals surface area contributed by atoms with Gasteiger partial charge in [-0.25, -0.2) is 0 Å². The largest absolute Gasteiger partial charge is 0.314 e. The van der Waals surface area contributed by atoms with Gasteiger partial charge in [0.1, 0.15) is 0 Å². The summed E-state index contributed by atoms with van der Waals surface area (Å²) < 4.78 is 3.44. The first-order valence-corrected chi connectivity index (χ1v) is 6.11. The van der Waals surface area contributed by atoms with Crippen LogP contribution in [0.4, 0.5) is 0 Å². The van der Waals surface area contributed by atoms with Crippen molar-refractivity contribution in [2.24, 2.45) is 0 Å². The summed E-state index contributed by atoms with van der Waals surface area (Å²) in [5, 5.41) is 3.51. The van der Waals surface area contributed by atoms with Crippen LogP contribution in [0.15, 0.2) is 0 Å². The van der Waals surface area contributed by atoms with E-state index in [1.54, 1.807) is 11.9 Å². The van der Waals surface area contributed by atoms with E-state index in [0.717, 1.165) is 18.6 Å². The fraction of sp³-hybridized carbons (Fsp3) is 1.00. The molecule has 0 radical (unpaired) electrons. The predicted molar refractivity (Wildman–Crippen MR) is 56.4 cm³/mol. The topological polar surface area (TPSA) is 24.1 Å². The van der Waals surface area contributed by atoms with Crippen LogP contribution in [0.3, 0.4) is 0 Å². The standard InChI is InChI=1S/C9H20N2S/c1-3-10-8-4-6-9(7-5-8)11-12-2/h8-11H,3-7H2,1-2H3/t8-,9-. The molecular weight excluding hydrogens is 168 g/mol. The van der Waals surface area contributed by atoms with Gasteiger partial charge in [0.05, 0.1) is 0 Å². The Hall–Kier alpha value is 0.270. The van der Waals surface area contributed by atoms with Gasteiger partial charge in [-0.2, -0.15) is 0 Å². The first kappa shape index (κ1) is 10.4. The molecule has 0 aliphatic heterocycles. The fourth-order valence-electron chi connectivity index (χ4n) is 1.87. The highest BCUT2D eigenvalue weighted by molar-refractivity contribution is 7.96. The van der Waals surface area contributed by atoms with Crippen LogP contribution in [0.5, 0.6) is 0 Å². The molecule has 0 saturated heterocycles. The molecule has 12 heavy (non-hydrogen) atoms. The van der Waals surface area contributed by atoms with Gasteiger partial charge in [0.25, 0.3) is 0 Å². The molecule has 1 fully saturated rings. The van der Waals surface area contributed by atoms with Gasteiger partial charge >= 0.3 is 0 Å². The molecule has 0 aromatic rings. The number of hydrogen-bond acceptors (Lipinski definition) is 3. The zero-order valence-electron chi connectivity index (χ0n) is 8.10. The Balaban J connectivity index is 2.11. The van der Waals surface area contributed by atoms with Crippen molar-refractivity contribution in [1.29, 1.82) is 0 Å². The number of rotatable bonds is 4. The Morgan fingerprint density at radius 3 is 2.25 bits per heavy atom. The van der Waals surface area contributed by atoms with E-state index >= 15 is 0 Å². The summed E-state index contributed by atoms with van der Waals surface area (Å²) in [4.78, 5) is 0. The summed E-state index contributed by atoms with van der Waals surface area (Å²) in [6.45, 7) is 3.30.